The molecule has 0 radical (unpaired) electrons. The van der Waals surface area contributed by atoms with Gasteiger partial charge in [-0.2, -0.15) is 0 Å². The van der Waals surface area contributed by atoms with E-state index in [2.05, 4.69) is 0 Å². The molecule has 0 aliphatic rings. The number of hydrogen-bond acceptors (Lipinski definition) is 2. The van der Waals surface area contributed by atoms with Gasteiger partial charge in [0.15, 0.2) is 0 Å². The van der Waals surface area contributed by atoms with E-state index < -0.39 is 29.8 Å². The molecule has 0 aliphatic heterocycles. The predicted molar refractivity (Wildman–Crippen MR) is 66.3 cm³/mol. The summed E-state index contributed by atoms with van der Waals surface area (Å²) in [5, 5.41) is 19.4. The number of halogens is 2. The van der Waals surface area contributed by atoms with E-state index in [1.54, 1.807) is 6.92 Å². The molecule has 1 rings (SSSR count). The minimum atomic E-state index is -0.959. The van der Waals surface area contributed by atoms with Gasteiger partial charge in [-0.3, -0.25) is 0 Å². The van der Waals surface area contributed by atoms with Crippen LogP contribution in [0.25, 0.3) is 0 Å². The van der Waals surface area contributed by atoms with E-state index in [4.69, 9.17) is 0 Å². The Labute approximate surface area is 106 Å². The van der Waals surface area contributed by atoms with Crippen LogP contribution in [0.2, 0.25) is 0 Å². The smallest absolute Gasteiger partial charge is 0.129 e. The van der Waals surface area contributed by atoms with Crippen LogP contribution < -0.4 is 0 Å². The van der Waals surface area contributed by atoms with Gasteiger partial charge < -0.3 is 10.2 Å². The monoisotopic (exact) mass is 258 g/mol. The Hall–Kier alpha value is -1.00. The van der Waals surface area contributed by atoms with E-state index in [0.717, 1.165) is 6.42 Å². The van der Waals surface area contributed by atoms with Crippen LogP contribution >= 0.6 is 0 Å². The summed E-state index contributed by atoms with van der Waals surface area (Å²) in [6, 6.07) is 3.71. The maximum Gasteiger partial charge on any atom is 0.129 e. The zero-order valence-electron chi connectivity index (χ0n) is 10.7. The number of aliphatic hydroxyl groups excluding tert-OH is 2. The second kappa shape index (κ2) is 6.81. The van der Waals surface area contributed by atoms with Gasteiger partial charge in [0.1, 0.15) is 11.6 Å². The van der Waals surface area contributed by atoms with Crippen LogP contribution in [0.5, 0.6) is 0 Å². The van der Waals surface area contributed by atoms with Crippen LogP contribution in [0.4, 0.5) is 8.78 Å². The largest absolute Gasteiger partial charge is 0.390 e. The van der Waals surface area contributed by atoms with Gasteiger partial charge in [0.2, 0.25) is 0 Å². The van der Waals surface area contributed by atoms with Crippen LogP contribution in [0.1, 0.15) is 44.6 Å². The Balaban J connectivity index is 2.73. The fourth-order valence-corrected chi connectivity index (χ4v) is 2.11. The molecule has 0 aliphatic carbocycles. The quantitative estimate of drug-likeness (QED) is 0.823. The van der Waals surface area contributed by atoms with E-state index in [0.29, 0.717) is 6.42 Å². The summed E-state index contributed by atoms with van der Waals surface area (Å²) in [5.74, 6) is -1.70. The number of hydrogen-bond donors (Lipinski definition) is 2. The van der Waals surface area contributed by atoms with Gasteiger partial charge in [-0.25, -0.2) is 8.78 Å². The van der Waals surface area contributed by atoms with E-state index in [1.165, 1.54) is 18.2 Å². The first-order chi connectivity index (χ1) is 8.47. The third-order valence-electron chi connectivity index (χ3n) is 3.12. The Morgan fingerprint density at radius 3 is 2.17 bits per heavy atom. The summed E-state index contributed by atoms with van der Waals surface area (Å²) in [6.07, 6.45) is -0.431. The number of aliphatic hydroxyl groups is 2. The van der Waals surface area contributed by atoms with Crippen molar-refractivity contribution in [2.24, 2.45) is 0 Å². The Kier molecular flexibility index (Phi) is 5.69. The van der Waals surface area contributed by atoms with Crippen molar-refractivity contribution in [1.29, 1.82) is 0 Å². The Bertz CT molecular complexity index is 362. The van der Waals surface area contributed by atoms with Crippen LogP contribution in [-0.2, 0) is 0 Å². The van der Waals surface area contributed by atoms with Crippen LogP contribution in [0.15, 0.2) is 18.2 Å². The summed E-state index contributed by atoms with van der Waals surface area (Å²) in [6.45, 7) is 3.54. The second-order valence-corrected chi connectivity index (χ2v) is 4.70. The highest BCUT2D eigenvalue weighted by Crippen LogP contribution is 2.27. The average molecular weight is 258 g/mol. The lowest BCUT2D eigenvalue weighted by Crippen LogP contribution is -2.27. The molecule has 1 aromatic carbocycles. The van der Waals surface area contributed by atoms with Crippen molar-refractivity contribution in [2.75, 3.05) is 0 Å². The summed E-state index contributed by atoms with van der Waals surface area (Å²) < 4.78 is 27.0. The fraction of sp³-hybridized carbons (Fsp3) is 0.571. The van der Waals surface area contributed by atoms with Crippen molar-refractivity contribution in [3.8, 4) is 0 Å². The van der Waals surface area contributed by atoms with E-state index in [1.807, 2.05) is 6.92 Å². The molecule has 0 heterocycles. The predicted octanol–water partition coefficient (Wildman–Crippen LogP) is 2.98. The van der Waals surface area contributed by atoms with E-state index >= 15 is 0 Å². The Morgan fingerprint density at radius 2 is 1.67 bits per heavy atom. The van der Waals surface area contributed by atoms with Crippen LogP contribution in [-0.4, -0.2) is 22.4 Å². The molecule has 0 saturated carbocycles. The highest BCUT2D eigenvalue weighted by Gasteiger charge is 2.22. The summed E-state index contributed by atoms with van der Waals surface area (Å²) in [7, 11) is 0. The molecule has 0 saturated heterocycles. The van der Waals surface area contributed by atoms with Crippen LogP contribution in [0, 0.1) is 11.6 Å². The van der Waals surface area contributed by atoms with Gasteiger partial charge in [-0.05, 0) is 30.9 Å². The first kappa shape index (κ1) is 15.1. The lowest BCUT2D eigenvalue weighted by Gasteiger charge is -2.21. The van der Waals surface area contributed by atoms with Gasteiger partial charge in [0.05, 0.1) is 12.2 Å². The molecular weight excluding hydrogens is 238 g/mol. The zero-order valence-corrected chi connectivity index (χ0v) is 10.7. The molecular formula is C14H20F2O2. The van der Waals surface area contributed by atoms with Gasteiger partial charge in [0, 0.05) is 5.56 Å². The Morgan fingerprint density at radius 1 is 1.11 bits per heavy atom. The average Bonchev–Trinajstić information content (AvgIpc) is 2.28. The highest BCUT2D eigenvalue weighted by atomic mass is 19.1. The summed E-state index contributed by atoms with van der Waals surface area (Å²) >= 11 is 0. The van der Waals surface area contributed by atoms with Gasteiger partial charge in [-0.1, -0.05) is 26.3 Å². The molecule has 0 bridgehead atoms. The third-order valence-corrected chi connectivity index (χ3v) is 3.12. The summed E-state index contributed by atoms with van der Waals surface area (Å²) in [5.41, 5.74) is -0.0275. The van der Waals surface area contributed by atoms with Crippen molar-refractivity contribution >= 4 is 0 Å². The van der Waals surface area contributed by atoms with Crippen molar-refractivity contribution in [3.63, 3.8) is 0 Å². The highest BCUT2D eigenvalue weighted by molar-refractivity contribution is 5.23. The molecule has 0 spiro atoms. The SMILES string of the molecule is CCCC(O)C(O)CC(C)c1c(F)cccc1F. The molecule has 102 valence electrons. The minimum absolute atomic E-state index is 0.0275. The van der Waals surface area contributed by atoms with E-state index in [9.17, 15) is 19.0 Å². The lowest BCUT2D eigenvalue weighted by molar-refractivity contribution is 0.00607. The molecule has 0 aromatic heterocycles. The second-order valence-electron chi connectivity index (χ2n) is 4.70. The molecule has 2 nitrogen and oxygen atoms in total. The van der Waals surface area contributed by atoms with Crippen molar-refractivity contribution in [3.05, 3.63) is 35.4 Å². The molecule has 3 atom stereocenters. The van der Waals surface area contributed by atoms with E-state index in [-0.39, 0.29) is 12.0 Å². The fourth-order valence-electron chi connectivity index (χ4n) is 2.11. The first-order valence-electron chi connectivity index (χ1n) is 6.27. The van der Waals surface area contributed by atoms with Crippen molar-refractivity contribution < 1.29 is 19.0 Å². The first-order valence-corrected chi connectivity index (χ1v) is 6.27. The number of benzene rings is 1. The normalized spacial score (nSPS) is 16.3. The van der Waals surface area contributed by atoms with Gasteiger partial charge in [0.25, 0.3) is 0 Å². The molecule has 18 heavy (non-hydrogen) atoms. The molecule has 4 heteroatoms. The molecule has 2 N–H and O–H groups in total. The van der Waals surface area contributed by atoms with Crippen molar-refractivity contribution in [2.45, 2.75) is 51.2 Å². The zero-order chi connectivity index (χ0) is 13.7. The van der Waals surface area contributed by atoms with Crippen molar-refractivity contribution in [1.82, 2.24) is 0 Å². The maximum atomic E-state index is 13.5. The minimum Gasteiger partial charge on any atom is -0.390 e. The molecule has 0 amide bonds. The lowest BCUT2D eigenvalue weighted by atomic mass is 9.91. The number of rotatable bonds is 6. The molecule has 1 aromatic rings. The summed E-state index contributed by atoms with van der Waals surface area (Å²) in [4.78, 5) is 0. The van der Waals surface area contributed by atoms with Gasteiger partial charge in [-0.15, -0.1) is 0 Å². The molecule has 0 fully saturated rings. The topological polar surface area (TPSA) is 40.5 Å². The van der Waals surface area contributed by atoms with Crippen LogP contribution in [0.3, 0.4) is 0 Å². The standard InChI is InChI=1S/C14H20F2O2/c1-3-5-12(17)13(18)8-9(2)14-10(15)6-4-7-11(14)16/h4,6-7,9,12-13,17-18H,3,5,8H2,1-2H3. The molecule has 3 unspecified atom stereocenters. The maximum absolute atomic E-state index is 13.5. The van der Waals surface area contributed by atoms with Gasteiger partial charge >= 0.3 is 0 Å². The third kappa shape index (κ3) is 3.75.